The molecule has 4 aromatic rings. The third-order valence-corrected chi connectivity index (χ3v) is 4.01. The minimum absolute atomic E-state index is 0.205. The van der Waals surface area contributed by atoms with E-state index in [4.69, 9.17) is 0 Å². The van der Waals surface area contributed by atoms with Crippen molar-refractivity contribution >= 4 is 33.4 Å². The summed E-state index contributed by atoms with van der Waals surface area (Å²) in [5.74, 6) is -0.205. The largest absolute Gasteiger partial charge is 0.320 e. The van der Waals surface area contributed by atoms with Crippen molar-refractivity contribution in [2.75, 3.05) is 5.32 Å². The third kappa shape index (κ3) is 2.15. The number of nitrogens with one attached hydrogen (secondary N) is 3. The highest BCUT2D eigenvalue weighted by Crippen LogP contribution is 2.25. The van der Waals surface area contributed by atoms with E-state index in [9.17, 15) is 4.79 Å². The fourth-order valence-corrected chi connectivity index (χ4v) is 2.73. The number of carbonyl (C=O) groups excluding carboxylic acids is 1. The number of hydrogen-bond donors (Lipinski definition) is 3. The summed E-state index contributed by atoms with van der Waals surface area (Å²) in [5.41, 5.74) is 5.00. The summed E-state index contributed by atoms with van der Waals surface area (Å²) < 4.78 is 0. The highest BCUT2D eigenvalue weighted by molar-refractivity contribution is 6.15. The maximum atomic E-state index is 12.6. The molecule has 2 heterocycles. The van der Waals surface area contributed by atoms with Crippen molar-refractivity contribution in [1.29, 1.82) is 0 Å². The topological polar surface area (TPSA) is 86.5 Å². The summed E-state index contributed by atoms with van der Waals surface area (Å²) in [6.45, 7) is 3.96. The second-order valence-electron chi connectivity index (χ2n) is 5.66. The predicted octanol–water partition coefficient (Wildman–Crippen LogP) is 3.31. The SMILES string of the molecule is Cc1ccc(C)c(NC(=O)c2[nH]nc3c2ccc2[nH]ncc23)c1. The van der Waals surface area contributed by atoms with Crippen molar-refractivity contribution in [2.24, 2.45) is 0 Å². The van der Waals surface area contributed by atoms with Crippen LogP contribution in [-0.4, -0.2) is 26.3 Å². The van der Waals surface area contributed by atoms with Gasteiger partial charge < -0.3 is 5.32 Å². The van der Waals surface area contributed by atoms with Gasteiger partial charge in [-0.1, -0.05) is 12.1 Å². The smallest absolute Gasteiger partial charge is 0.274 e. The Morgan fingerprint density at radius 2 is 1.96 bits per heavy atom. The molecular weight excluding hydrogens is 290 g/mol. The van der Waals surface area contributed by atoms with Gasteiger partial charge in [-0.05, 0) is 43.2 Å². The summed E-state index contributed by atoms with van der Waals surface area (Å²) in [6.07, 6.45) is 1.71. The Balaban J connectivity index is 1.76. The van der Waals surface area contributed by atoms with Crippen molar-refractivity contribution in [2.45, 2.75) is 13.8 Å². The van der Waals surface area contributed by atoms with Gasteiger partial charge in [-0.3, -0.25) is 15.0 Å². The summed E-state index contributed by atoms with van der Waals surface area (Å²) in [5, 5.41) is 18.7. The summed E-state index contributed by atoms with van der Waals surface area (Å²) in [4.78, 5) is 12.6. The molecule has 0 aliphatic carbocycles. The second-order valence-corrected chi connectivity index (χ2v) is 5.66. The van der Waals surface area contributed by atoms with E-state index in [0.29, 0.717) is 5.69 Å². The number of H-pyrrole nitrogens is 2. The summed E-state index contributed by atoms with van der Waals surface area (Å²) in [6, 6.07) is 9.74. The molecule has 0 spiro atoms. The fourth-order valence-electron chi connectivity index (χ4n) is 2.73. The van der Waals surface area contributed by atoms with E-state index < -0.39 is 0 Å². The van der Waals surface area contributed by atoms with E-state index in [-0.39, 0.29) is 5.91 Å². The number of aromatic nitrogens is 4. The monoisotopic (exact) mass is 305 g/mol. The van der Waals surface area contributed by atoms with Crippen LogP contribution in [0.1, 0.15) is 21.6 Å². The summed E-state index contributed by atoms with van der Waals surface area (Å²) >= 11 is 0. The molecule has 0 aliphatic heterocycles. The van der Waals surface area contributed by atoms with E-state index in [1.54, 1.807) is 6.20 Å². The van der Waals surface area contributed by atoms with Crippen LogP contribution >= 0.6 is 0 Å². The van der Waals surface area contributed by atoms with Crippen LogP contribution in [0.2, 0.25) is 0 Å². The van der Waals surface area contributed by atoms with Crippen molar-refractivity contribution < 1.29 is 4.79 Å². The maximum absolute atomic E-state index is 12.6. The molecule has 2 aromatic heterocycles. The number of hydrogen-bond acceptors (Lipinski definition) is 3. The van der Waals surface area contributed by atoms with Crippen molar-refractivity contribution in [1.82, 2.24) is 20.4 Å². The number of nitrogens with zero attached hydrogens (tertiary/aromatic N) is 2. The second kappa shape index (κ2) is 4.95. The molecule has 0 unspecified atom stereocenters. The Morgan fingerprint density at radius 3 is 2.83 bits per heavy atom. The van der Waals surface area contributed by atoms with E-state index in [0.717, 1.165) is 38.6 Å². The minimum Gasteiger partial charge on any atom is -0.320 e. The molecule has 0 saturated carbocycles. The average Bonchev–Trinajstić information content (AvgIpc) is 3.16. The molecule has 1 amide bonds. The van der Waals surface area contributed by atoms with Gasteiger partial charge in [0.05, 0.1) is 11.7 Å². The fraction of sp³-hybridized carbons (Fsp3) is 0.118. The first kappa shape index (κ1) is 13.5. The Kier molecular flexibility index (Phi) is 2.90. The molecule has 0 atom stereocenters. The molecule has 23 heavy (non-hydrogen) atoms. The van der Waals surface area contributed by atoms with Crippen LogP contribution in [-0.2, 0) is 0 Å². The van der Waals surface area contributed by atoms with Crippen LogP contribution < -0.4 is 5.32 Å². The molecule has 4 rings (SSSR count). The van der Waals surface area contributed by atoms with Gasteiger partial charge in [0.15, 0.2) is 0 Å². The third-order valence-electron chi connectivity index (χ3n) is 4.01. The van der Waals surface area contributed by atoms with Gasteiger partial charge in [0.2, 0.25) is 0 Å². The van der Waals surface area contributed by atoms with Crippen LogP contribution in [0.4, 0.5) is 5.69 Å². The number of aryl methyl sites for hydroxylation is 2. The van der Waals surface area contributed by atoms with Gasteiger partial charge in [0, 0.05) is 16.5 Å². The molecule has 0 fully saturated rings. The van der Waals surface area contributed by atoms with Gasteiger partial charge in [-0.25, -0.2) is 0 Å². The molecule has 0 saturated heterocycles. The molecular formula is C17H15N5O. The van der Waals surface area contributed by atoms with Gasteiger partial charge >= 0.3 is 0 Å². The lowest BCUT2D eigenvalue weighted by molar-refractivity contribution is 0.102. The number of rotatable bonds is 2. The number of anilines is 1. The van der Waals surface area contributed by atoms with Gasteiger partial charge in [-0.15, -0.1) is 0 Å². The molecule has 2 aromatic carbocycles. The first-order valence-corrected chi connectivity index (χ1v) is 7.32. The molecule has 114 valence electrons. The van der Waals surface area contributed by atoms with Crippen LogP contribution in [0.3, 0.4) is 0 Å². The predicted molar refractivity (Wildman–Crippen MR) is 89.6 cm³/mol. The maximum Gasteiger partial charge on any atom is 0.274 e. The zero-order valence-corrected chi connectivity index (χ0v) is 12.8. The van der Waals surface area contributed by atoms with E-state index in [1.165, 1.54) is 0 Å². The van der Waals surface area contributed by atoms with Crippen LogP contribution in [0.15, 0.2) is 36.5 Å². The molecule has 0 radical (unpaired) electrons. The number of aromatic amines is 2. The minimum atomic E-state index is -0.205. The number of amides is 1. The quantitative estimate of drug-likeness (QED) is 0.531. The normalized spacial score (nSPS) is 11.2. The zero-order chi connectivity index (χ0) is 16.0. The lowest BCUT2D eigenvalue weighted by atomic mass is 10.1. The van der Waals surface area contributed by atoms with Gasteiger partial charge in [-0.2, -0.15) is 10.2 Å². The number of fused-ring (bicyclic) bond motifs is 3. The molecule has 0 bridgehead atoms. The van der Waals surface area contributed by atoms with Crippen molar-refractivity contribution in [3.63, 3.8) is 0 Å². The van der Waals surface area contributed by atoms with Crippen molar-refractivity contribution in [3.8, 4) is 0 Å². The highest BCUT2D eigenvalue weighted by Gasteiger charge is 2.16. The van der Waals surface area contributed by atoms with E-state index >= 15 is 0 Å². The zero-order valence-electron chi connectivity index (χ0n) is 12.8. The molecule has 3 N–H and O–H groups in total. The Morgan fingerprint density at radius 1 is 1.09 bits per heavy atom. The Bertz CT molecular complexity index is 1040. The van der Waals surface area contributed by atoms with Crippen molar-refractivity contribution in [3.05, 3.63) is 53.3 Å². The Hall–Kier alpha value is -3.15. The Labute approximate surface area is 131 Å². The van der Waals surface area contributed by atoms with Crippen LogP contribution in [0, 0.1) is 13.8 Å². The van der Waals surface area contributed by atoms with Gasteiger partial charge in [0.25, 0.3) is 5.91 Å². The van der Waals surface area contributed by atoms with E-state index in [1.807, 2.05) is 44.2 Å². The first-order chi connectivity index (χ1) is 11.1. The number of carbonyl (C=O) groups is 1. The molecule has 6 heteroatoms. The molecule has 0 aliphatic rings. The number of benzene rings is 2. The lowest BCUT2D eigenvalue weighted by Gasteiger charge is -2.08. The summed E-state index contributed by atoms with van der Waals surface area (Å²) in [7, 11) is 0. The highest BCUT2D eigenvalue weighted by atomic mass is 16.1. The van der Waals surface area contributed by atoms with Crippen LogP contribution in [0.25, 0.3) is 21.8 Å². The molecule has 6 nitrogen and oxygen atoms in total. The van der Waals surface area contributed by atoms with Crippen LogP contribution in [0.5, 0.6) is 0 Å². The standard InChI is InChI=1S/C17H15N5O/c1-9-3-4-10(2)14(7-9)19-17(23)16-11-5-6-13-12(8-18-20-13)15(11)21-22-16/h3-8H,1-2H3,(H,18,20)(H,19,23)(H,21,22). The van der Waals surface area contributed by atoms with E-state index in [2.05, 4.69) is 25.7 Å². The first-order valence-electron chi connectivity index (χ1n) is 7.32. The van der Waals surface area contributed by atoms with Gasteiger partial charge in [0.1, 0.15) is 11.2 Å². The average molecular weight is 305 g/mol. The lowest BCUT2D eigenvalue weighted by Crippen LogP contribution is -2.13.